The van der Waals surface area contributed by atoms with Crippen LogP contribution in [0.5, 0.6) is 0 Å². The van der Waals surface area contributed by atoms with Crippen molar-refractivity contribution in [2.24, 2.45) is 0 Å². The maximum Gasteiger partial charge on any atom is 0.0396 e. The highest BCUT2D eigenvalue weighted by atomic mass is 15.1. The average molecular weight is 276 g/mol. The van der Waals surface area contributed by atoms with Gasteiger partial charge in [-0.15, -0.1) is 0 Å². The fourth-order valence-corrected chi connectivity index (χ4v) is 2.35. The topological polar surface area (TPSA) is 15.3 Å². The van der Waals surface area contributed by atoms with Crippen LogP contribution in [0, 0.1) is 6.92 Å². The second-order valence-electron chi connectivity index (χ2n) is 6.66. The first-order valence-corrected chi connectivity index (χ1v) is 7.97. The van der Waals surface area contributed by atoms with Gasteiger partial charge in [0.05, 0.1) is 0 Å². The molecule has 0 aliphatic heterocycles. The van der Waals surface area contributed by atoms with E-state index in [0.29, 0.717) is 0 Å². The third-order valence-corrected chi connectivity index (χ3v) is 3.59. The molecule has 0 aliphatic carbocycles. The molecule has 0 amide bonds. The molecule has 0 aromatic heterocycles. The molecular formula is C18H32N2. The summed E-state index contributed by atoms with van der Waals surface area (Å²) >= 11 is 0. The maximum atomic E-state index is 3.55. The summed E-state index contributed by atoms with van der Waals surface area (Å²) in [6.45, 7) is 16.5. The largest absolute Gasteiger partial charge is 0.372 e. The summed E-state index contributed by atoms with van der Waals surface area (Å²) in [5, 5.41) is 3.55. The van der Waals surface area contributed by atoms with Gasteiger partial charge in [0.2, 0.25) is 0 Å². The molecule has 1 aromatic rings. The molecule has 2 nitrogen and oxygen atoms in total. The predicted molar refractivity (Wildman–Crippen MR) is 90.6 cm³/mol. The number of nitrogens with zero attached hydrogens (tertiary/aromatic N) is 1. The van der Waals surface area contributed by atoms with Crippen LogP contribution in [0.1, 0.15) is 58.6 Å². The van der Waals surface area contributed by atoms with Crippen LogP contribution in [0.3, 0.4) is 0 Å². The van der Waals surface area contributed by atoms with Crippen LogP contribution in [0.4, 0.5) is 5.69 Å². The molecule has 0 spiro atoms. The molecule has 0 saturated heterocycles. The van der Waals surface area contributed by atoms with Crippen molar-refractivity contribution in [3.63, 3.8) is 0 Å². The number of rotatable bonds is 7. The van der Waals surface area contributed by atoms with Crippen LogP contribution in [-0.2, 0) is 6.54 Å². The Morgan fingerprint density at radius 2 is 1.85 bits per heavy atom. The quantitative estimate of drug-likeness (QED) is 0.788. The molecule has 0 heterocycles. The van der Waals surface area contributed by atoms with Gasteiger partial charge >= 0.3 is 0 Å². The molecule has 1 rings (SSSR count). The van der Waals surface area contributed by atoms with Crippen molar-refractivity contribution < 1.29 is 0 Å². The summed E-state index contributed by atoms with van der Waals surface area (Å²) in [6, 6.07) is 6.87. The summed E-state index contributed by atoms with van der Waals surface area (Å²) < 4.78 is 0. The van der Waals surface area contributed by atoms with Crippen LogP contribution >= 0.6 is 0 Å². The Morgan fingerprint density at radius 3 is 2.35 bits per heavy atom. The van der Waals surface area contributed by atoms with E-state index < -0.39 is 0 Å². The summed E-state index contributed by atoms with van der Waals surface area (Å²) in [7, 11) is 0. The molecule has 20 heavy (non-hydrogen) atoms. The lowest BCUT2D eigenvalue weighted by Crippen LogP contribution is -2.35. The lowest BCUT2D eigenvalue weighted by Gasteiger charge is -2.26. The molecule has 1 N–H and O–H groups in total. The highest BCUT2D eigenvalue weighted by molar-refractivity contribution is 5.54. The van der Waals surface area contributed by atoms with E-state index in [1.165, 1.54) is 29.7 Å². The first-order valence-electron chi connectivity index (χ1n) is 7.97. The van der Waals surface area contributed by atoms with Gasteiger partial charge in [0, 0.05) is 30.9 Å². The van der Waals surface area contributed by atoms with Crippen LogP contribution in [0.15, 0.2) is 18.2 Å². The van der Waals surface area contributed by atoms with Crippen LogP contribution < -0.4 is 10.2 Å². The fraction of sp³-hybridized carbons (Fsp3) is 0.667. The van der Waals surface area contributed by atoms with Crippen LogP contribution in [0.25, 0.3) is 0 Å². The van der Waals surface area contributed by atoms with E-state index in [0.717, 1.165) is 19.6 Å². The van der Waals surface area contributed by atoms with E-state index in [1.807, 2.05) is 0 Å². The monoisotopic (exact) mass is 276 g/mol. The summed E-state index contributed by atoms with van der Waals surface area (Å²) in [5.41, 5.74) is 4.31. The number of unbranched alkanes of at least 4 members (excludes halogenated alkanes) is 1. The van der Waals surface area contributed by atoms with E-state index in [1.54, 1.807) is 0 Å². The maximum absolute atomic E-state index is 3.55. The van der Waals surface area contributed by atoms with Gasteiger partial charge in [-0.3, -0.25) is 0 Å². The minimum absolute atomic E-state index is 0.170. The minimum atomic E-state index is 0.170. The molecule has 0 fully saturated rings. The van der Waals surface area contributed by atoms with E-state index in [-0.39, 0.29) is 5.54 Å². The second-order valence-corrected chi connectivity index (χ2v) is 6.66. The molecule has 0 atom stereocenters. The third kappa shape index (κ3) is 5.54. The molecule has 0 bridgehead atoms. The minimum Gasteiger partial charge on any atom is -0.372 e. The standard InChI is InChI=1S/C18H32N2/c1-7-9-12-20(8-2)17-11-10-16(13-15(17)3)14-19-18(4,5)6/h10-11,13,19H,7-9,12,14H2,1-6H3. The average Bonchev–Trinajstić information content (AvgIpc) is 2.38. The summed E-state index contributed by atoms with van der Waals surface area (Å²) in [5.74, 6) is 0. The van der Waals surface area contributed by atoms with Crippen molar-refractivity contribution in [1.82, 2.24) is 5.32 Å². The van der Waals surface area contributed by atoms with Crippen molar-refractivity contribution in [2.45, 2.75) is 66.5 Å². The smallest absolute Gasteiger partial charge is 0.0396 e. The zero-order valence-electron chi connectivity index (χ0n) is 14.2. The Hall–Kier alpha value is -1.02. The zero-order chi connectivity index (χ0) is 15.2. The first-order chi connectivity index (χ1) is 9.37. The van der Waals surface area contributed by atoms with Gasteiger partial charge in [0.15, 0.2) is 0 Å². The van der Waals surface area contributed by atoms with Gasteiger partial charge in [-0.1, -0.05) is 25.5 Å². The predicted octanol–water partition coefficient (Wildman–Crippen LogP) is 4.51. The third-order valence-electron chi connectivity index (χ3n) is 3.59. The van der Waals surface area contributed by atoms with Crippen LogP contribution in [0.2, 0.25) is 0 Å². The number of benzene rings is 1. The van der Waals surface area contributed by atoms with Crippen molar-refractivity contribution >= 4 is 5.69 Å². The molecule has 1 aromatic carbocycles. The Labute approximate surface area is 125 Å². The normalized spacial score (nSPS) is 11.7. The highest BCUT2D eigenvalue weighted by Crippen LogP contribution is 2.22. The zero-order valence-corrected chi connectivity index (χ0v) is 14.2. The van der Waals surface area contributed by atoms with Crippen LogP contribution in [-0.4, -0.2) is 18.6 Å². The number of aryl methyl sites for hydroxylation is 1. The number of anilines is 1. The van der Waals surface area contributed by atoms with Gasteiger partial charge in [-0.05, 0) is 58.2 Å². The Kier molecular flexibility index (Phi) is 6.54. The lowest BCUT2D eigenvalue weighted by atomic mass is 10.1. The number of hydrogen-bond acceptors (Lipinski definition) is 2. The number of hydrogen-bond donors (Lipinski definition) is 1. The van der Waals surface area contributed by atoms with Crippen molar-refractivity contribution in [2.75, 3.05) is 18.0 Å². The van der Waals surface area contributed by atoms with Gasteiger partial charge < -0.3 is 10.2 Å². The SMILES string of the molecule is CCCCN(CC)c1ccc(CNC(C)(C)C)cc1C. The number of nitrogens with one attached hydrogen (secondary N) is 1. The molecule has 0 unspecified atom stereocenters. The van der Waals surface area contributed by atoms with E-state index >= 15 is 0 Å². The van der Waals surface area contributed by atoms with Gasteiger partial charge in [-0.25, -0.2) is 0 Å². The molecule has 0 radical (unpaired) electrons. The van der Waals surface area contributed by atoms with Gasteiger partial charge in [0.25, 0.3) is 0 Å². The van der Waals surface area contributed by atoms with E-state index in [9.17, 15) is 0 Å². The van der Waals surface area contributed by atoms with Crippen molar-refractivity contribution in [3.05, 3.63) is 29.3 Å². The van der Waals surface area contributed by atoms with E-state index in [4.69, 9.17) is 0 Å². The Balaban J connectivity index is 2.76. The van der Waals surface area contributed by atoms with Gasteiger partial charge in [-0.2, -0.15) is 0 Å². The fourth-order valence-electron chi connectivity index (χ4n) is 2.35. The molecule has 0 saturated carbocycles. The lowest BCUT2D eigenvalue weighted by molar-refractivity contribution is 0.424. The molecular weight excluding hydrogens is 244 g/mol. The van der Waals surface area contributed by atoms with Crippen molar-refractivity contribution in [3.8, 4) is 0 Å². The molecule has 0 aliphatic rings. The summed E-state index contributed by atoms with van der Waals surface area (Å²) in [6.07, 6.45) is 2.52. The second kappa shape index (κ2) is 7.68. The van der Waals surface area contributed by atoms with Crippen molar-refractivity contribution in [1.29, 1.82) is 0 Å². The Morgan fingerprint density at radius 1 is 1.15 bits per heavy atom. The molecule has 2 heteroatoms. The Bertz CT molecular complexity index is 404. The van der Waals surface area contributed by atoms with Gasteiger partial charge in [0.1, 0.15) is 0 Å². The van der Waals surface area contributed by atoms with E-state index in [2.05, 4.69) is 70.0 Å². The summed E-state index contributed by atoms with van der Waals surface area (Å²) in [4.78, 5) is 2.49. The first kappa shape index (κ1) is 17.0. The highest BCUT2D eigenvalue weighted by Gasteiger charge is 2.10. The molecule has 114 valence electrons.